The highest BCUT2D eigenvalue weighted by Crippen LogP contribution is 2.15. The zero-order valence-corrected chi connectivity index (χ0v) is 11.2. The molecule has 0 spiro atoms. The van der Waals surface area contributed by atoms with Crippen molar-refractivity contribution in [1.82, 2.24) is 4.90 Å². The molecular weight excluding hydrogens is 200 g/mol. The van der Waals surface area contributed by atoms with Gasteiger partial charge in [-0.3, -0.25) is 0 Å². The molecule has 1 unspecified atom stereocenters. The number of hydrogen-bond acceptors (Lipinski definition) is 3. The van der Waals surface area contributed by atoms with Gasteiger partial charge in [-0.1, -0.05) is 0 Å². The Morgan fingerprint density at radius 2 is 2.19 bits per heavy atom. The van der Waals surface area contributed by atoms with Gasteiger partial charge in [0.15, 0.2) is 0 Å². The van der Waals surface area contributed by atoms with Crippen LogP contribution in [0.1, 0.15) is 39.5 Å². The lowest BCUT2D eigenvalue weighted by atomic mass is 9.99. The Balaban J connectivity index is 2.08. The third-order valence-electron chi connectivity index (χ3n) is 3.19. The average molecular weight is 228 g/mol. The van der Waals surface area contributed by atoms with Crippen LogP contribution in [0.3, 0.4) is 0 Å². The van der Waals surface area contributed by atoms with Gasteiger partial charge >= 0.3 is 0 Å². The Morgan fingerprint density at radius 1 is 1.44 bits per heavy atom. The summed E-state index contributed by atoms with van der Waals surface area (Å²) < 4.78 is 5.50. The topological polar surface area (TPSA) is 38.5 Å². The lowest BCUT2D eigenvalue weighted by Gasteiger charge is -2.27. The zero-order chi connectivity index (χ0) is 12.0. The van der Waals surface area contributed by atoms with E-state index < -0.39 is 0 Å². The summed E-state index contributed by atoms with van der Waals surface area (Å²) in [5.41, 5.74) is 5.95. The van der Waals surface area contributed by atoms with E-state index in [9.17, 15) is 0 Å². The van der Waals surface area contributed by atoms with E-state index in [1.165, 1.54) is 25.8 Å². The average Bonchev–Trinajstić information content (AvgIpc) is 2.17. The van der Waals surface area contributed by atoms with Gasteiger partial charge in [0.2, 0.25) is 0 Å². The molecule has 1 heterocycles. The second-order valence-corrected chi connectivity index (χ2v) is 5.94. The summed E-state index contributed by atoms with van der Waals surface area (Å²) in [4.78, 5) is 2.42. The third-order valence-corrected chi connectivity index (χ3v) is 3.19. The van der Waals surface area contributed by atoms with Crippen LogP contribution >= 0.6 is 0 Å². The van der Waals surface area contributed by atoms with Crippen molar-refractivity contribution in [1.29, 1.82) is 0 Å². The first-order valence-electron chi connectivity index (χ1n) is 6.52. The molecule has 0 aromatic heterocycles. The van der Waals surface area contributed by atoms with Crippen LogP contribution in [0.25, 0.3) is 0 Å². The van der Waals surface area contributed by atoms with Crippen molar-refractivity contribution < 1.29 is 4.74 Å². The van der Waals surface area contributed by atoms with Crippen molar-refractivity contribution in [2.45, 2.75) is 45.1 Å². The van der Waals surface area contributed by atoms with Crippen LogP contribution in [0.2, 0.25) is 0 Å². The minimum Gasteiger partial charge on any atom is -0.381 e. The van der Waals surface area contributed by atoms with Crippen LogP contribution in [0.5, 0.6) is 0 Å². The standard InChI is InChI=1S/C13H28N2O/c1-13(2,14)7-5-8-15(3)10-12-6-4-9-16-11-12/h12H,4-11,14H2,1-3H3. The number of nitrogens with two attached hydrogens (primary N) is 1. The van der Waals surface area contributed by atoms with Crippen molar-refractivity contribution in [3.8, 4) is 0 Å². The molecule has 0 saturated carbocycles. The fourth-order valence-corrected chi connectivity index (χ4v) is 2.29. The van der Waals surface area contributed by atoms with Gasteiger partial charge in [0.1, 0.15) is 0 Å². The molecule has 16 heavy (non-hydrogen) atoms. The maximum atomic E-state index is 5.97. The molecule has 96 valence electrons. The van der Waals surface area contributed by atoms with Crippen LogP contribution in [-0.4, -0.2) is 43.8 Å². The predicted molar refractivity (Wildman–Crippen MR) is 68.5 cm³/mol. The molecule has 0 radical (unpaired) electrons. The summed E-state index contributed by atoms with van der Waals surface area (Å²) in [6.07, 6.45) is 4.84. The van der Waals surface area contributed by atoms with E-state index in [1.54, 1.807) is 0 Å². The largest absolute Gasteiger partial charge is 0.381 e. The molecule has 0 amide bonds. The van der Waals surface area contributed by atoms with Gasteiger partial charge in [-0.25, -0.2) is 0 Å². The molecule has 0 bridgehead atoms. The molecule has 3 heteroatoms. The Labute approximate surface area is 100 Å². The third kappa shape index (κ3) is 6.46. The van der Waals surface area contributed by atoms with E-state index >= 15 is 0 Å². The van der Waals surface area contributed by atoms with Gasteiger partial charge in [0.05, 0.1) is 6.61 Å². The molecule has 1 atom stereocenters. The van der Waals surface area contributed by atoms with Crippen LogP contribution in [0, 0.1) is 5.92 Å². The van der Waals surface area contributed by atoms with Gasteiger partial charge in [-0.15, -0.1) is 0 Å². The van der Waals surface area contributed by atoms with Crippen LogP contribution in [-0.2, 0) is 4.74 Å². The number of rotatable bonds is 6. The maximum Gasteiger partial charge on any atom is 0.0506 e. The minimum absolute atomic E-state index is 0.0191. The van der Waals surface area contributed by atoms with Gasteiger partial charge in [-0.05, 0) is 59.0 Å². The molecule has 0 aliphatic carbocycles. The maximum absolute atomic E-state index is 5.97. The number of hydrogen-bond donors (Lipinski definition) is 1. The second-order valence-electron chi connectivity index (χ2n) is 5.94. The lowest BCUT2D eigenvalue weighted by Crippen LogP contribution is -2.35. The number of nitrogens with zero attached hydrogens (tertiary/aromatic N) is 1. The zero-order valence-electron chi connectivity index (χ0n) is 11.2. The van der Waals surface area contributed by atoms with Crippen molar-refractivity contribution in [3.63, 3.8) is 0 Å². The van der Waals surface area contributed by atoms with Crippen molar-refractivity contribution >= 4 is 0 Å². The summed E-state index contributed by atoms with van der Waals surface area (Å²) in [7, 11) is 2.21. The van der Waals surface area contributed by atoms with Crippen LogP contribution in [0.4, 0.5) is 0 Å². The van der Waals surface area contributed by atoms with E-state index in [4.69, 9.17) is 10.5 Å². The van der Waals surface area contributed by atoms with Gasteiger partial charge in [-0.2, -0.15) is 0 Å². The lowest BCUT2D eigenvalue weighted by molar-refractivity contribution is 0.0417. The summed E-state index contributed by atoms with van der Waals surface area (Å²) >= 11 is 0. The molecule has 1 rings (SSSR count). The highest BCUT2D eigenvalue weighted by molar-refractivity contribution is 4.73. The Morgan fingerprint density at radius 3 is 2.75 bits per heavy atom. The van der Waals surface area contributed by atoms with Crippen molar-refractivity contribution in [2.24, 2.45) is 11.7 Å². The summed E-state index contributed by atoms with van der Waals surface area (Å²) in [5, 5.41) is 0. The normalized spacial score (nSPS) is 22.7. The van der Waals surface area contributed by atoms with Gasteiger partial charge in [0.25, 0.3) is 0 Å². The molecule has 0 aromatic carbocycles. The van der Waals surface area contributed by atoms with Crippen molar-refractivity contribution in [3.05, 3.63) is 0 Å². The SMILES string of the molecule is CN(CCCC(C)(C)N)CC1CCCOC1. The molecule has 1 fully saturated rings. The highest BCUT2D eigenvalue weighted by Gasteiger charge is 2.16. The monoisotopic (exact) mass is 228 g/mol. The van der Waals surface area contributed by atoms with E-state index in [-0.39, 0.29) is 5.54 Å². The molecule has 1 aliphatic heterocycles. The van der Waals surface area contributed by atoms with E-state index in [1.807, 2.05) is 0 Å². The fourth-order valence-electron chi connectivity index (χ4n) is 2.29. The molecule has 0 aromatic rings. The minimum atomic E-state index is -0.0191. The Kier molecular flexibility index (Phi) is 5.73. The van der Waals surface area contributed by atoms with E-state index in [0.29, 0.717) is 0 Å². The fraction of sp³-hybridized carbons (Fsp3) is 1.00. The first kappa shape index (κ1) is 13.9. The van der Waals surface area contributed by atoms with Gasteiger partial charge < -0.3 is 15.4 Å². The Bertz CT molecular complexity index is 183. The highest BCUT2D eigenvalue weighted by atomic mass is 16.5. The molecule has 1 saturated heterocycles. The molecule has 1 aliphatic rings. The summed E-state index contributed by atoms with van der Waals surface area (Å²) in [5.74, 6) is 0.740. The van der Waals surface area contributed by atoms with Crippen LogP contribution < -0.4 is 5.73 Å². The first-order valence-corrected chi connectivity index (χ1v) is 6.52. The second kappa shape index (κ2) is 6.58. The predicted octanol–water partition coefficient (Wildman–Crippen LogP) is 1.86. The molecular formula is C13H28N2O. The van der Waals surface area contributed by atoms with E-state index in [0.717, 1.165) is 32.1 Å². The Hall–Kier alpha value is -0.120. The van der Waals surface area contributed by atoms with Gasteiger partial charge in [0, 0.05) is 18.7 Å². The molecule has 3 nitrogen and oxygen atoms in total. The first-order chi connectivity index (χ1) is 7.47. The molecule has 2 N–H and O–H groups in total. The summed E-state index contributed by atoms with van der Waals surface area (Å²) in [6.45, 7) is 8.43. The smallest absolute Gasteiger partial charge is 0.0506 e. The van der Waals surface area contributed by atoms with Crippen molar-refractivity contribution in [2.75, 3.05) is 33.4 Å². The summed E-state index contributed by atoms with van der Waals surface area (Å²) in [6, 6.07) is 0. The quantitative estimate of drug-likeness (QED) is 0.754. The van der Waals surface area contributed by atoms with E-state index in [2.05, 4.69) is 25.8 Å². The number of ether oxygens (including phenoxy) is 1. The van der Waals surface area contributed by atoms with Crippen LogP contribution in [0.15, 0.2) is 0 Å².